The number of benzene rings is 2. The summed E-state index contributed by atoms with van der Waals surface area (Å²) in [7, 11) is -3.27. The van der Waals surface area contributed by atoms with Gasteiger partial charge in [-0.05, 0) is 31.5 Å². The summed E-state index contributed by atoms with van der Waals surface area (Å²) in [5.41, 5.74) is 3.15. The lowest BCUT2D eigenvalue weighted by molar-refractivity contribution is 0.159. The Labute approximate surface area is 162 Å². The maximum absolute atomic E-state index is 12.7. The van der Waals surface area contributed by atoms with Gasteiger partial charge < -0.3 is 4.74 Å². The summed E-state index contributed by atoms with van der Waals surface area (Å²) in [6.45, 7) is 8.01. The van der Waals surface area contributed by atoms with Crippen molar-refractivity contribution in [3.8, 4) is 5.75 Å². The first-order valence-corrected chi connectivity index (χ1v) is 11.0. The van der Waals surface area contributed by atoms with Crippen LogP contribution in [0.4, 0.5) is 0 Å². The third-order valence-electron chi connectivity index (χ3n) is 4.85. The number of hydrogen-bond acceptors (Lipinski definition) is 4. The van der Waals surface area contributed by atoms with Crippen LogP contribution < -0.4 is 4.74 Å². The molecule has 1 heterocycles. The van der Waals surface area contributed by atoms with Gasteiger partial charge in [-0.2, -0.15) is 4.31 Å². The molecule has 0 aromatic heterocycles. The SMILES string of the molecule is Cc1ccc(OCCN2CCN(S(=O)(=O)Cc3cccc(C)c3)CC2)cc1. The monoisotopic (exact) mass is 388 g/mol. The van der Waals surface area contributed by atoms with E-state index < -0.39 is 10.0 Å². The predicted octanol–water partition coefficient (Wildman–Crippen LogP) is 2.83. The van der Waals surface area contributed by atoms with E-state index in [1.54, 1.807) is 4.31 Å². The van der Waals surface area contributed by atoms with Crippen molar-refractivity contribution in [2.45, 2.75) is 19.6 Å². The number of rotatable bonds is 7. The highest BCUT2D eigenvalue weighted by atomic mass is 32.2. The van der Waals surface area contributed by atoms with Crippen LogP contribution in [0.3, 0.4) is 0 Å². The van der Waals surface area contributed by atoms with Crippen LogP contribution in [-0.2, 0) is 15.8 Å². The molecule has 5 nitrogen and oxygen atoms in total. The molecule has 0 spiro atoms. The highest BCUT2D eigenvalue weighted by Crippen LogP contribution is 2.15. The van der Waals surface area contributed by atoms with E-state index in [2.05, 4.69) is 11.8 Å². The summed E-state index contributed by atoms with van der Waals surface area (Å²) in [5, 5.41) is 0. The zero-order valence-corrected chi connectivity index (χ0v) is 16.9. The van der Waals surface area contributed by atoms with Crippen molar-refractivity contribution in [3.63, 3.8) is 0 Å². The molecule has 0 amide bonds. The van der Waals surface area contributed by atoms with Crippen LogP contribution in [0.25, 0.3) is 0 Å². The van der Waals surface area contributed by atoms with Crippen molar-refractivity contribution >= 4 is 10.0 Å². The minimum Gasteiger partial charge on any atom is -0.492 e. The molecule has 2 aromatic carbocycles. The first kappa shape index (κ1) is 19.9. The number of nitrogens with zero attached hydrogens (tertiary/aromatic N) is 2. The fourth-order valence-electron chi connectivity index (χ4n) is 3.26. The average molecular weight is 389 g/mol. The van der Waals surface area contributed by atoms with Gasteiger partial charge in [-0.1, -0.05) is 47.5 Å². The number of ether oxygens (including phenoxy) is 1. The molecular formula is C21H28N2O3S. The smallest absolute Gasteiger partial charge is 0.218 e. The quantitative estimate of drug-likeness (QED) is 0.732. The molecule has 0 radical (unpaired) electrons. The van der Waals surface area contributed by atoms with E-state index in [1.807, 2.05) is 55.5 Å². The van der Waals surface area contributed by atoms with Gasteiger partial charge in [0.05, 0.1) is 5.75 Å². The van der Waals surface area contributed by atoms with Gasteiger partial charge in [-0.3, -0.25) is 4.90 Å². The highest BCUT2D eigenvalue weighted by Gasteiger charge is 2.27. The summed E-state index contributed by atoms with van der Waals surface area (Å²) in [6.07, 6.45) is 0. The van der Waals surface area contributed by atoms with E-state index in [-0.39, 0.29) is 5.75 Å². The van der Waals surface area contributed by atoms with Crippen LogP contribution in [0.5, 0.6) is 5.75 Å². The van der Waals surface area contributed by atoms with Gasteiger partial charge in [0.25, 0.3) is 0 Å². The minimum absolute atomic E-state index is 0.0746. The van der Waals surface area contributed by atoms with Gasteiger partial charge in [0.15, 0.2) is 0 Å². The Kier molecular flexibility index (Phi) is 6.52. The van der Waals surface area contributed by atoms with Crippen molar-refractivity contribution in [1.29, 1.82) is 0 Å². The second-order valence-electron chi connectivity index (χ2n) is 7.15. The van der Waals surface area contributed by atoms with Crippen molar-refractivity contribution in [2.24, 2.45) is 0 Å². The van der Waals surface area contributed by atoms with Gasteiger partial charge >= 0.3 is 0 Å². The van der Waals surface area contributed by atoms with Crippen LogP contribution in [0.15, 0.2) is 48.5 Å². The van der Waals surface area contributed by atoms with Crippen LogP contribution in [0.1, 0.15) is 16.7 Å². The zero-order chi connectivity index (χ0) is 19.3. The molecule has 0 atom stereocenters. The van der Waals surface area contributed by atoms with E-state index in [4.69, 9.17) is 4.74 Å². The molecule has 1 saturated heterocycles. The zero-order valence-electron chi connectivity index (χ0n) is 16.1. The Balaban J connectivity index is 1.44. The molecule has 27 heavy (non-hydrogen) atoms. The van der Waals surface area contributed by atoms with Crippen molar-refractivity contribution in [3.05, 3.63) is 65.2 Å². The molecule has 1 aliphatic rings. The third kappa shape index (κ3) is 5.79. The fourth-order valence-corrected chi connectivity index (χ4v) is 4.77. The lowest BCUT2D eigenvalue weighted by Gasteiger charge is -2.33. The average Bonchev–Trinajstić information content (AvgIpc) is 2.63. The largest absolute Gasteiger partial charge is 0.492 e. The second-order valence-corrected chi connectivity index (χ2v) is 9.12. The van der Waals surface area contributed by atoms with Crippen LogP contribution in [0.2, 0.25) is 0 Å². The maximum Gasteiger partial charge on any atom is 0.218 e. The lowest BCUT2D eigenvalue weighted by Crippen LogP contribution is -2.49. The van der Waals surface area contributed by atoms with Gasteiger partial charge in [0.2, 0.25) is 10.0 Å². The fraction of sp³-hybridized carbons (Fsp3) is 0.429. The Hall–Kier alpha value is -1.89. The molecule has 1 fully saturated rings. The van der Waals surface area contributed by atoms with E-state index in [0.29, 0.717) is 19.7 Å². The van der Waals surface area contributed by atoms with Crippen molar-refractivity contribution in [2.75, 3.05) is 39.3 Å². The van der Waals surface area contributed by atoms with E-state index in [9.17, 15) is 8.42 Å². The Morgan fingerprint density at radius 2 is 1.63 bits per heavy atom. The first-order valence-electron chi connectivity index (χ1n) is 9.37. The minimum atomic E-state index is -3.27. The molecule has 0 bridgehead atoms. The van der Waals surface area contributed by atoms with Crippen molar-refractivity contribution in [1.82, 2.24) is 9.21 Å². The molecule has 0 saturated carbocycles. The molecule has 3 rings (SSSR count). The Morgan fingerprint density at radius 1 is 0.926 bits per heavy atom. The van der Waals surface area contributed by atoms with Gasteiger partial charge in [0, 0.05) is 32.7 Å². The number of aryl methyl sites for hydroxylation is 2. The van der Waals surface area contributed by atoms with Crippen LogP contribution in [0, 0.1) is 13.8 Å². The first-order chi connectivity index (χ1) is 12.9. The molecule has 0 unspecified atom stereocenters. The Morgan fingerprint density at radius 3 is 2.30 bits per heavy atom. The highest BCUT2D eigenvalue weighted by molar-refractivity contribution is 7.88. The Bertz CT molecular complexity index is 842. The summed E-state index contributed by atoms with van der Waals surface area (Å²) in [6, 6.07) is 15.7. The second kappa shape index (κ2) is 8.87. The van der Waals surface area contributed by atoms with E-state index in [0.717, 1.165) is 36.5 Å². The van der Waals surface area contributed by atoms with Crippen molar-refractivity contribution < 1.29 is 13.2 Å². The number of piperazine rings is 1. The maximum atomic E-state index is 12.7. The summed E-state index contributed by atoms with van der Waals surface area (Å²) in [4.78, 5) is 2.26. The molecule has 0 aliphatic carbocycles. The number of sulfonamides is 1. The molecule has 0 N–H and O–H groups in total. The molecule has 6 heteroatoms. The van der Waals surface area contributed by atoms with Crippen LogP contribution >= 0.6 is 0 Å². The normalized spacial score (nSPS) is 16.4. The summed E-state index contributed by atoms with van der Waals surface area (Å²) in [5.74, 6) is 0.950. The lowest BCUT2D eigenvalue weighted by atomic mass is 10.2. The predicted molar refractivity (Wildman–Crippen MR) is 108 cm³/mol. The third-order valence-corrected chi connectivity index (χ3v) is 6.70. The van der Waals surface area contributed by atoms with Gasteiger partial charge in [-0.15, -0.1) is 0 Å². The van der Waals surface area contributed by atoms with E-state index >= 15 is 0 Å². The molecule has 2 aromatic rings. The summed E-state index contributed by atoms with van der Waals surface area (Å²) >= 11 is 0. The molecule has 1 aliphatic heterocycles. The number of hydrogen-bond donors (Lipinski definition) is 0. The topological polar surface area (TPSA) is 49.9 Å². The standard InChI is InChI=1S/C21H28N2O3S/c1-18-6-8-21(9-7-18)26-15-14-22-10-12-23(13-11-22)27(24,25)17-20-5-3-4-19(2)16-20/h3-9,16H,10-15,17H2,1-2H3. The van der Waals surface area contributed by atoms with Gasteiger partial charge in [0.1, 0.15) is 12.4 Å². The molecular weight excluding hydrogens is 360 g/mol. The van der Waals surface area contributed by atoms with Gasteiger partial charge in [-0.25, -0.2) is 8.42 Å². The summed E-state index contributed by atoms with van der Waals surface area (Å²) < 4.78 is 32.8. The molecule has 146 valence electrons. The van der Waals surface area contributed by atoms with E-state index in [1.165, 1.54) is 5.56 Å². The van der Waals surface area contributed by atoms with Crippen LogP contribution in [-0.4, -0.2) is 57.0 Å².